The van der Waals surface area contributed by atoms with Crippen molar-refractivity contribution in [3.63, 3.8) is 0 Å². The lowest BCUT2D eigenvalue weighted by Crippen LogP contribution is -2.46. The number of alkyl halides is 3. The molecule has 2 aliphatic carbocycles. The Bertz CT molecular complexity index is 1810. The van der Waals surface area contributed by atoms with Gasteiger partial charge in [-0.15, -0.1) is 5.10 Å². The minimum absolute atomic E-state index is 0.00138. The highest BCUT2D eigenvalue weighted by molar-refractivity contribution is 7.92. The molecule has 0 saturated heterocycles. The number of ketones is 1. The van der Waals surface area contributed by atoms with E-state index in [1.54, 1.807) is 22.9 Å². The van der Waals surface area contributed by atoms with E-state index in [1.807, 2.05) is 0 Å². The Morgan fingerprint density at radius 3 is 2.54 bits per heavy atom. The number of fused-ring (bicyclic) bond motifs is 2. The quantitative estimate of drug-likeness (QED) is 0.252. The second-order valence-electron chi connectivity index (χ2n) is 10.2. The third kappa shape index (κ3) is 4.55. The van der Waals surface area contributed by atoms with E-state index < -0.39 is 49.5 Å². The van der Waals surface area contributed by atoms with Crippen molar-refractivity contribution in [2.45, 2.75) is 42.1 Å². The van der Waals surface area contributed by atoms with Crippen LogP contribution in [0.2, 0.25) is 0 Å². The van der Waals surface area contributed by atoms with E-state index in [1.165, 1.54) is 25.4 Å². The van der Waals surface area contributed by atoms with Crippen LogP contribution < -0.4 is 0 Å². The molecule has 4 aromatic rings. The zero-order valence-corrected chi connectivity index (χ0v) is 22.3. The van der Waals surface area contributed by atoms with E-state index in [9.17, 15) is 30.8 Å². The van der Waals surface area contributed by atoms with E-state index in [2.05, 4.69) is 20.3 Å². The lowest BCUT2D eigenvalue weighted by molar-refractivity contribution is -0.137. The predicted octanol–water partition coefficient (Wildman–Crippen LogP) is 4.39. The molecule has 0 radical (unpaired) electrons. The van der Waals surface area contributed by atoms with Gasteiger partial charge in [-0.2, -0.15) is 28.2 Å². The second-order valence-corrected chi connectivity index (χ2v) is 12.4. The van der Waals surface area contributed by atoms with Crippen LogP contribution in [0.4, 0.5) is 17.6 Å². The summed E-state index contributed by atoms with van der Waals surface area (Å²) in [6.45, 7) is 0. The van der Waals surface area contributed by atoms with E-state index in [-0.39, 0.29) is 30.7 Å². The molecular formula is C27H22F4N6O3S. The fourth-order valence-electron chi connectivity index (χ4n) is 5.72. The van der Waals surface area contributed by atoms with E-state index in [4.69, 9.17) is 0 Å². The van der Waals surface area contributed by atoms with Crippen LogP contribution in [-0.4, -0.2) is 49.2 Å². The first-order valence-electron chi connectivity index (χ1n) is 12.6. The first-order chi connectivity index (χ1) is 19.4. The summed E-state index contributed by atoms with van der Waals surface area (Å²) in [5.41, 5.74) is -0.557. The van der Waals surface area contributed by atoms with Crippen LogP contribution in [0, 0.1) is 11.2 Å². The van der Waals surface area contributed by atoms with Gasteiger partial charge in [0.15, 0.2) is 10.8 Å². The number of allylic oxidation sites excluding steroid dienone is 1. The molecule has 1 fully saturated rings. The first-order valence-corrected chi connectivity index (χ1v) is 14.2. The highest BCUT2D eigenvalue weighted by Gasteiger charge is 2.52. The number of benzene rings is 1. The minimum atomic E-state index is -4.70. The fraction of sp³-hybridized carbons (Fsp3) is 0.296. The Kier molecular flexibility index (Phi) is 6.21. The third-order valence-corrected chi connectivity index (χ3v) is 9.80. The van der Waals surface area contributed by atoms with Crippen LogP contribution in [0.1, 0.15) is 46.6 Å². The van der Waals surface area contributed by atoms with Crippen LogP contribution >= 0.6 is 0 Å². The zero-order valence-electron chi connectivity index (χ0n) is 21.5. The van der Waals surface area contributed by atoms with Gasteiger partial charge in [-0.05, 0) is 73.7 Å². The molecule has 1 saturated carbocycles. The largest absolute Gasteiger partial charge is 0.416 e. The average Bonchev–Trinajstić information content (AvgIpc) is 3.57. The maximum Gasteiger partial charge on any atom is 0.416 e. The molecule has 3 heterocycles. The fourth-order valence-corrected chi connectivity index (χ4v) is 7.42. The summed E-state index contributed by atoms with van der Waals surface area (Å²) in [4.78, 5) is 19.3. The molecule has 1 aromatic carbocycles. The van der Waals surface area contributed by atoms with Gasteiger partial charge in [0.2, 0.25) is 9.84 Å². The summed E-state index contributed by atoms with van der Waals surface area (Å²) in [7, 11) is -2.55. The second kappa shape index (κ2) is 9.43. The molecule has 2 aliphatic rings. The number of rotatable bonds is 5. The number of carbonyl (C=O) groups is 1. The van der Waals surface area contributed by atoms with Crippen molar-refractivity contribution in [1.82, 2.24) is 29.8 Å². The highest BCUT2D eigenvalue weighted by atomic mass is 32.2. The van der Waals surface area contributed by atoms with Gasteiger partial charge in [0.25, 0.3) is 0 Å². The monoisotopic (exact) mass is 586 g/mol. The molecule has 0 N–H and O–H groups in total. The topological polar surface area (TPSA) is 113 Å². The van der Waals surface area contributed by atoms with Crippen molar-refractivity contribution in [2.75, 3.05) is 0 Å². The van der Waals surface area contributed by atoms with Crippen molar-refractivity contribution in [1.29, 1.82) is 0 Å². The van der Waals surface area contributed by atoms with E-state index >= 15 is 0 Å². The molecule has 14 heteroatoms. The summed E-state index contributed by atoms with van der Waals surface area (Å²) >= 11 is 0. The van der Waals surface area contributed by atoms with Crippen LogP contribution in [0.15, 0.2) is 65.6 Å². The van der Waals surface area contributed by atoms with Crippen molar-refractivity contribution < 1.29 is 30.8 Å². The smallest absolute Gasteiger partial charge is 0.291 e. The van der Waals surface area contributed by atoms with E-state index in [0.717, 1.165) is 23.3 Å². The number of hydrogen-bond donors (Lipinski definition) is 0. The lowest BCUT2D eigenvalue weighted by atomic mass is 9.61. The summed E-state index contributed by atoms with van der Waals surface area (Å²) in [6, 6.07) is 7.15. The van der Waals surface area contributed by atoms with Gasteiger partial charge in [0, 0.05) is 13.2 Å². The van der Waals surface area contributed by atoms with Crippen LogP contribution in [-0.2, 0) is 29.5 Å². The standard InChI is InChI=1S/C27H22F4N6O3S/c1-36-33-15-24(35-36)41(39,40)21-7-2-17-11-23-16(14-34-37(23)20-5-3-19(28)4-6-20)12-26(17,13-21)25(38)22-10-18(8-9-32-22)27(29,30)31/h3-6,8-11,14-15,21H,2,7,12-13H2,1H3/t21-,26+/m1/s1. The Morgan fingerprint density at radius 2 is 1.85 bits per heavy atom. The first kappa shape index (κ1) is 27.0. The number of Topliss-reactive ketones (excluding diaryl/α,β-unsaturated/α-hetero) is 1. The van der Waals surface area contributed by atoms with Gasteiger partial charge in [-0.25, -0.2) is 17.5 Å². The number of halogens is 4. The van der Waals surface area contributed by atoms with Crippen molar-refractivity contribution >= 4 is 21.7 Å². The predicted molar refractivity (Wildman–Crippen MR) is 137 cm³/mol. The summed E-state index contributed by atoms with van der Waals surface area (Å²) < 4.78 is 82.8. The van der Waals surface area contributed by atoms with Crippen LogP contribution in [0.3, 0.4) is 0 Å². The molecule has 0 unspecified atom stereocenters. The molecule has 0 spiro atoms. The van der Waals surface area contributed by atoms with Gasteiger partial charge in [0.05, 0.1) is 40.0 Å². The normalized spacial score (nSPS) is 20.7. The van der Waals surface area contributed by atoms with Gasteiger partial charge >= 0.3 is 6.18 Å². The lowest BCUT2D eigenvalue weighted by Gasteiger charge is -2.43. The molecule has 41 heavy (non-hydrogen) atoms. The molecule has 9 nitrogen and oxygen atoms in total. The maximum atomic E-state index is 14.2. The van der Waals surface area contributed by atoms with Crippen LogP contribution in [0.25, 0.3) is 11.8 Å². The van der Waals surface area contributed by atoms with E-state index in [0.29, 0.717) is 28.6 Å². The molecule has 212 valence electrons. The minimum Gasteiger partial charge on any atom is -0.291 e. The number of sulfone groups is 1. The van der Waals surface area contributed by atoms with Crippen molar-refractivity contribution in [2.24, 2.45) is 12.5 Å². The number of nitrogens with zero attached hydrogens (tertiary/aromatic N) is 6. The molecule has 3 aromatic heterocycles. The van der Waals surface area contributed by atoms with Crippen LogP contribution in [0.5, 0.6) is 0 Å². The number of aryl methyl sites for hydroxylation is 1. The van der Waals surface area contributed by atoms with Gasteiger partial charge in [-0.1, -0.05) is 5.57 Å². The Hall–Kier alpha value is -4.20. The number of aromatic nitrogens is 6. The molecule has 0 bridgehead atoms. The maximum absolute atomic E-state index is 14.2. The van der Waals surface area contributed by atoms with Gasteiger partial charge in [-0.3, -0.25) is 9.78 Å². The molecule has 0 amide bonds. The number of pyridine rings is 1. The third-order valence-electron chi connectivity index (χ3n) is 7.75. The Morgan fingerprint density at radius 1 is 1.10 bits per heavy atom. The molecule has 2 atom stereocenters. The average molecular weight is 587 g/mol. The number of carbonyl (C=O) groups excluding carboxylic acids is 1. The van der Waals surface area contributed by atoms with Crippen molar-refractivity contribution in [3.05, 3.63) is 88.9 Å². The SMILES string of the molecule is Cn1ncc(S(=O)(=O)[C@@H]2CCC3=Cc4c(cnn4-c4ccc(F)cc4)C[C@]3(C(=O)c3cc(C(F)(F)F)ccn3)C2)n1. The molecular weight excluding hydrogens is 564 g/mol. The summed E-state index contributed by atoms with van der Waals surface area (Å²) in [6.07, 6.45) is 0.789. The number of hydrogen-bond acceptors (Lipinski definition) is 7. The molecule has 0 aliphatic heterocycles. The van der Waals surface area contributed by atoms with Gasteiger partial charge < -0.3 is 0 Å². The zero-order chi connectivity index (χ0) is 29.2. The Balaban J connectivity index is 1.47. The summed E-state index contributed by atoms with van der Waals surface area (Å²) in [5.74, 6) is -1.12. The molecule has 6 rings (SSSR count). The van der Waals surface area contributed by atoms with Crippen molar-refractivity contribution in [3.8, 4) is 5.69 Å². The Labute approximate surface area is 231 Å². The highest BCUT2D eigenvalue weighted by Crippen LogP contribution is 2.52. The summed E-state index contributed by atoms with van der Waals surface area (Å²) in [5, 5.41) is 10.9. The van der Waals surface area contributed by atoms with Gasteiger partial charge in [0.1, 0.15) is 11.5 Å².